The van der Waals surface area contributed by atoms with Crippen LogP contribution in [0.1, 0.15) is 24.8 Å². The third kappa shape index (κ3) is 3.54. The molecule has 1 saturated heterocycles. The topological polar surface area (TPSA) is 40.5 Å². The van der Waals surface area contributed by atoms with Crippen LogP contribution in [0, 0.1) is 0 Å². The van der Waals surface area contributed by atoms with Crippen LogP contribution in [0.2, 0.25) is 10.0 Å². The average Bonchev–Trinajstić information content (AvgIpc) is 2.46. The van der Waals surface area contributed by atoms with E-state index in [4.69, 9.17) is 23.2 Å². The first-order chi connectivity index (χ1) is 9.63. The highest BCUT2D eigenvalue weighted by atomic mass is 35.5. The Morgan fingerprint density at radius 1 is 1.35 bits per heavy atom. The molecule has 0 bridgehead atoms. The van der Waals surface area contributed by atoms with Gasteiger partial charge in [0.25, 0.3) is 0 Å². The second-order valence-electron chi connectivity index (χ2n) is 4.83. The van der Waals surface area contributed by atoms with E-state index >= 15 is 0 Å². The second-order valence-corrected chi connectivity index (χ2v) is 5.65. The summed E-state index contributed by atoms with van der Waals surface area (Å²) in [5.41, 5.74) is 0.641. The number of halogens is 2. The molecule has 0 aromatic heterocycles. The SMILES string of the molecule is O=C(/C=C/c1c(Cl)cccc1Cl)N1CCCCC1CO. The summed E-state index contributed by atoms with van der Waals surface area (Å²) in [6, 6.07) is 5.14. The molecular formula is C15H17Cl2NO2. The number of aliphatic hydroxyl groups excluding tert-OH is 1. The molecule has 0 aliphatic carbocycles. The molecule has 0 radical (unpaired) electrons. The van der Waals surface area contributed by atoms with Gasteiger partial charge in [-0.05, 0) is 37.5 Å². The van der Waals surface area contributed by atoms with Crippen molar-refractivity contribution in [2.24, 2.45) is 0 Å². The summed E-state index contributed by atoms with van der Waals surface area (Å²) in [6.45, 7) is 0.692. The Labute approximate surface area is 128 Å². The number of hydrogen-bond donors (Lipinski definition) is 1. The summed E-state index contributed by atoms with van der Waals surface area (Å²) in [5, 5.41) is 10.3. The van der Waals surface area contributed by atoms with Gasteiger partial charge in [0.15, 0.2) is 0 Å². The minimum atomic E-state index is -0.111. The lowest BCUT2D eigenvalue weighted by atomic mass is 10.0. The molecule has 1 aromatic carbocycles. The Balaban J connectivity index is 2.12. The number of likely N-dealkylation sites (tertiary alicyclic amines) is 1. The van der Waals surface area contributed by atoms with Crippen molar-refractivity contribution in [2.75, 3.05) is 13.2 Å². The molecule has 5 heteroatoms. The highest BCUT2D eigenvalue weighted by molar-refractivity contribution is 6.37. The Bertz CT molecular complexity index is 496. The molecule has 0 saturated carbocycles. The number of hydrogen-bond acceptors (Lipinski definition) is 2. The van der Waals surface area contributed by atoms with Crippen LogP contribution in [-0.2, 0) is 4.79 Å². The zero-order valence-electron chi connectivity index (χ0n) is 11.1. The minimum Gasteiger partial charge on any atom is -0.394 e. The quantitative estimate of drug-likeness (QED) is 0.869. The van der Waals surface area contributed by atoms with E-state index in [1.165, 1.54) is 6.08 Å². The van der Waals surface area contributed by atoms with Gasteiger partial charge in [-0.1, -0.05) is 29.3 Å². The van der Waals surface area contributed by atoms with Crippen molar-refractivity contribution in [2.45, 2.75) is 25.3 Å². The van der Waals surface area contributed by atoms with Crippen LogP contribution in [0.25, 0.3) is 6.08 Å². The lowest BCUT2D eigenvalue weighted by molar-refractivity contribution is -0.130. The fourth-order valence-electron chi connectivity index (χ4n) is 2.40. The van der Waals surface area contributed by atoms with Crippen molar-refractivity contribution >= 4 is 35.2 Å². The number of benzene rings is 1. The molecule has 1 aliphatic heterocycles. The van der Waals surface area contributed by atoms with E-state index < -0.39 is 0 Å². The van der Waals surface area contributed by atoms with E-state index in [0.717, 1.165) is 19.3 Å². The van der Waals surface area contributed by atoms with Gasteiger partial charge in [-0.2, -0.15) is 0 Å². The molecule has 0 spiro atoms. The maximum Gasteiger partial charge on any atom is 0.246 e. The number of carbonyl (C=O) groups excluding carboxylic acids is 1. The first kappa shape index (κ1) is 15.4. The van der Waals surface area contributed by atoms with Gasteiger partial charge in [-0.3, -0.25) is 4.79 Å². The maximum atomic E-state index is 12.2. The van der Waals surface area contributed by atoms with Crippen molar-refractivity contribution in [3.05, 3.63) is 39.9 Å². The summed E-state index contributed by atoms with van der Waals surface area (Å²) < 4.78 is 0. The molecule has 108 valence electrons. The van der Waals surface area contributed by atoms with E-state index in [-0.39, 0.29) is 18.6 Å². The molecule has 2 rings (SSSR count). The number of nitrogens with zero attached hydrogens (tertiary/aromatic N) is 1. The first-order valence-corrected chi connectivity index (χ1v) is 7.42. The zero-order chi connectivity index (χ0) is 14.5. The highest BCUT2D eigenvalue weighted by Crippen LogP contribution is 2.26. The summed E-state index contributed by atoms with van der Waals surface area (Å²) in [6.07, 6.45) is 5.98. The van der Waals surface area contributed by atoms with Gasteiger partial charge in [0.1, 0.15) is 0 Å². The predicted octanol–water partition coefficient (Wildman–Crippen LogP) is 3.38. The molecule has 1 aromatic rings. The van der Waals surface area contributed by atoms with Crippen molar-refractivity contribution in [3.8, 4) is 0 Å². The molecule has 3 nitrogen and oxygen atoms in total. The van der Waals surface area contributed by atoms with Crippen LogP contribution < -0.4 is 0 Å². The monoisotopic (exact) mass is 313 g/mol. The molecule has 1 amide bonds. The minimum absolute atomic E-state index is 0.00638. The summed E-state index contributed by atoms with van der Waals surface area (Å²) in [5.74, 6) is -0.111. The smallest absolute Gasteiger partial charge is 0.246 e. The second kappa shape index (κ2) is 7.11. The summed E-state index contributed by atoms with van der Waals surface area (Å²) in [7, 11) is 0. The van der Waals surface area contributed by atoms with E-state index in [1.807, 2.05) is 0 Å². The molecule has 1 N–H and O–H groups in total. The Kier molecular flexibility index (Phi) is 5.46. The molecule has 1 unspecified atom stereocenters. The number of piperidine rings is 1. The van der Waals surface area contributed by atoms with Gasteiger partial charge in [0.05, 0.1) is 12.6 Å². The Morgan fingerprint density at radius 3 is 2.70 bits per heavy atom. The van der Waals surface area contributed by atoms with E-state index in [1.54, 1.807) is 29.2 Å². The van der Waals surface area contributed by atoms with Gasteiger partial charge in [0, 0.05) is 28.2 Å². The normalized spacial score (nSPS) is 19.6. The van der Waals surface area contributed by atoms with Crippen molar-refractivity contribution < 1.29 is 9.90 Å². The third-order valence-corrected chi connectivity index (χ3v) is 4.17. The number of carbonyl (C=O) groups is 1. The number of aliphatic hydroxyl groups is 1. The van der Waals surface area contributed by atoms with Crippen LogP contribution in [0.15, 0.2) is 24.3 Å². The van der Waals surface area contributed by atoms with Crippen LogP contribution in [0.5, 0.6) is 0 Å². The molecule has 1 aliphatic rings. The summed E-state index contributed by atoms with van der Waals surface area (Å²) >= 11 is 12.1. The van der Waals surface area contributed by atoms with Crippen LogP contribution in [-0.4, -0.2) is 35.1 Å². The van der Waals surface area contributed by atoms with Crippen molar-refractivity contribution in [1.29, 1.82) is 0 Å². The molecule has 1 heterocycles. The molecule has 1 fully saturated rings. The highest BCUT2D eigenvalue weighted by Gasteiger charge is 2.24. The van der Waals surface area contributed by atoms with Crippen LogP contribution in [0.4, 0.5) is 0 Å². The van der Waals surface area contributed by atoms with E-state index in [2.05, 4.69) is 0 Å². The van der Waals surface area contributed by atoms with Crippen molar-refractivity contribution in [1.82, 2.24) is 4.90 Å². The van der Waals surface area contributed by atoms with Crippen LogP contribution >= 0.6 is 23.2 Å². The Hall–Kier alpha value is -1.03. The van der Waals surface area contributed by atoms with Gasteiger partial charge in [0.2, 0.25) is 5.91 Å². The maximum absolute atomic E-state index is 12.2. The predicted molar refractivity (Wildman–Crippen MR) is 81.9 cm³/mol. The van der Waals surface area contributed by atoms with Gasteiger partial charge < -0.3 is 10.0 Å². The molecular weight excluding hydrogens is 297 g/mol. The average molecular weight is 314 g/mol. The van der Waals surface area contributed by atoms with E-state index in [0.29, 0.717) is 22.2 Å². The van der Waals surface area contributed by atoms with Gasteiger partial charge in [-0.15, -0.1) is 0 Å². The molecule has 20 heavy (non-hydrogen) atoms. The lowest BCUT2D eigenvalue weighted by Gasteiger charge is -2.33. The lowest BCUT2D eigenvalue weighted by Crippen LogP contribution is -2.44. The first-order valence-electron chi connectivity index (χ1n) is 6.67. The Morgan fingerprint density at radius 2 is 2.05 bits per heavy atom. The number of rotatable bonds is 3. The zero-order valence-corrected chi connectivity index (χ0v) is 12.6. The third-order valence-electron chi connectivity index (χ3n) is 3.51. The van der Waals surface area contributed by atoms with Crippen molar-refractivity contribution in [3.63, 3.8) is 0 Å². The summed E-state index contributed by atoms with van der Waals surface area (Å²) in [4.78, 5) is 13.9. The largest absolute Gasteiger partial charge is 0.394 e. The van der Waals surface area contributed by atoms with Crippen LogP contribution in [0.3, 0.4) is 0 Å². The van der Waals surface area contributed by atoms with Gasteiger partial charge >= 0.3 is 0 Å². The fourth-order valence-corrected chi connectivity index (χ4v) is 2.92. The fraction of sp³-hybridized carbons (Fsp3) is 0.400. The van der Waals surface area contributed by atoms with E-state index in [9.17, 15) is 9.90 Å². The molecule has 1 atom stereocenters. The standard InChI is InChI=1S/C15H17Cl2NO2/c16-13-5-3-6-14(17)12(13)7-8-15(20)18-9-2-1-4-11(18)10-19/h3,5-8,11,19H,1-2,4,9-10H2/b8-7+. The number of amides is 1. The van der Waals surface area contributed by atoms with Gasteiger partial charge in [-0.25, -0.2) is 0 Å².